The van der Waals surface area contributed by atoms with Crippen LogP contribution in [0.15, 0.2) is 48.7 Å². The lowest BCUT2D eigenvalue weighted by Gasteiger charge is -2.29. The first kappa shape index (κ1) is 20.8. The minimum Gasteiger partial charge on any atom is -0.398 e. The zero-order valence-corrected chi connectivity index (χ0v) is 16.7. The molecule has 0 radical (unpaired) electrons. The highest BCUT2D eigenvalue weighted by atomic mass is 19.4. The van der Waals surface area contributed by atoms with E-state index in [4.69, 9.17) is 5.73 Å². The topological polar surface area (TPSA) is 87.0 Å². The van der Waals surface area contributed by atoms with Gasteiger partial charge in [-0.1, -0.05) is 12.1 Å². The fraction of sp³-hybridized carbons (Fsp3) is 0.273. The highest BCUT2D eigenvalue weighted by Gasteiger charge is 2.30. The molecule has 0 bridgehead atoms. The summed E-state index contributed by atoms with van der Waals surface area (Å²) >= 11 is 0. The molecule has 1 aliphatic rings. The molecule has 1 fully saturated rings. The first-order chi connectivity index (χ1) is 14.8. The molecule has 0 saturated carbocycles. The van der Waals surface area contributed by atoms with Crippen molar-refractivity contribution in [1.82, 2.24) is 9.97 Å². The van der Waals surface area contributed by atoms with Crippen LogP contribution in [0.2, 0.25) is 0 Å². The maximum absolute atomic E-state index is 13.0. The van der Waals surface area contributed by atoms with E-state index in [-0.39, 0.29) is 17.2 Å². The average Bonchev–Trinajstić information content (AvgIpc) is 3.22. The van der Waals surface area contributed by atoms with Crippen molar-refractivity contribution >= 4 is 23.1 Å². The fourth-order valence-electron chi connectivity index (χ4n) is 3.65. The number of amides is 1. The maximum atomic E-state index is 13.0. The number of anilines is 3. The highest BCUT2D eigenvalue weighted by molar-refractivity contribution is 6.08. The predicted octanol–water partition coefficient (Wildman–Crippen LogP) is 4.92. The van der Waals surface area contributed by atoms with Crippen LogP contribution in [0.25, 0.3) is 11.4 Å². The number of nitrogens with one attached hydrogen (secondary N) is 2. The zero-order valence-electron chi connectivity index (χ0n) is 16.7. The molecule has 1 amide bonds. The van der Waals surface area contributed by atoms with E-state index in [0.717, 1.165) is 43.8 Å². The van der Waals surface area contributed by atoms with Crippen LogP contribution >= 0.6 is 0 Å². The number of aromatic amines is 1. The highest BCUT2D eigenvalue weighted by Crippen LogP contribution is 2.32. The van der Waals surface area contributed by atoms with Crippen molar-refractivity contribution < 1.29 is 18.0 Å². The number of aromatic nitrogens is 2. The number of rotatable bonds is 4. The van der Waals surface area contributed by atoms with Gasteiger partial charge in [0, 0.05) is 30.0 Å². The van der Waals surface area contributed by atoms with Crippen LogP contribution in [0.5, 0.6) is 0 Å². The van der Waals surface area contributed by atoms with Crippen molar-refractivity contribution in [3.8, 4) is 11.4 Å². The first-order valence-corrected chi connectivity index (χ1v) is 10.00. The fourth-order valence-corrected chi connectivity index (χ4v) is 3.65. The molecule has 1 aliphatic heterocycles. The van der Waals surface area contributed by atoms with Crippen molar-refractivity contribution in [2.75, 3.05) is 29.0 Å². The number of alkyl halides is 3. The van der Waals surface area contributed by atoms with Gasteiger partial charge in [0.05, 0.1) is 17.3 Å². The maximum Gasteiger partial charge on any atom is 0.416 e. The monoisotopic (exact) mass is 429 g/mol. The van der Waals surface area contributed by atoms with Gasteiger partial charge >= 0.3 is 6.18 Å². The van der Waals surface area contributed by atoms with Crippen LogP contribution in [-0.4, -0.2) is 29.0 Å². The number of nitrogens with zero attached hydrogens (tertiary/aromatic N) is 2. The summed E-state index contributed by atoms with van der Waals surface area (Å²) in [6.07, 6.45) is 0.332. The molecule has 31 heavy (non-hydrogen) atoms. The van der Waals surface area contributed by atoms with Gasteiger partial charge in [-0.15, -0.1) is 0 Å². The molecule has 1 aromatic heterocycles. The molecule has 0 aliphatic carbocycles. The van der Waals surface area contributed by atoms with Gasteiger partial charge < -0.3 is 20.9 Å². The number of benzene rings is 2. The Labute approximate surface area is 177 Å². The van der Waals surface area contributed by atoms with E-state index in [1.54, 1.807) is 12.1 Å². The Hall–Kier alpha value is -3.49. The molecule has 1 saturated heterocycles. The summed E-state index contributed by atoms with van der Waals surface area (Å²) in [5.41, 5.74) is 7.13. The quantitative estimate of drug-likeness (QED) is 0.514. The Morgan fingerprint density at radius 3 is 2.61 bits per heavy atom. The van der Waals surface area contributed by atoms with E-state index in [1.165, 1.54) is 24.8 Å². The summed E-state index contributed by atoms with van der Waals surface area (Å²) in [4.78, 5) is 22.0. The SMILES string of the molecule is Nc1ccc(N2CCCCC2)cc1C(=O)Nc1cnc(-c2cccc(C(F)(F)F)c2)[nH]1. The van der Waals surface area contributed by atoms with Gasteiger partial charge in [0.1, 0.15) is 11.6 Å². The normalized spacial score (nSPS) is 14.5. The van der Waals surface area contributed by atoms with Crippen LogP contribution in [0.3, 0.4) is 0 Å². The molecule has 4 rings (SSSR count). The standard InChI is InChI=1S/C22H22F3N5O/c23-22(24,25)15-6-4-5-14(11-15)20-27-13-19(28-20)29-21(31)17-12-16(7-8-18(17)26)30-9-2-1-3-10-30/h4-8,11-13H,1-3,9-10,26H2,(H,27,28)(H,29,31). The lowest BCUT2D eigenvalue weighted by molar-refractivity contribution is -0.137. The van der Waals surface area contributed by atoms with Crippen LogP contribution in [0.1, 0.15) is 35.2 Å². The van der Waals surface area contributed by atoms with Crippen molar-refractivity contribution in [2.45, 2.75) is 25.4 Å². The Balaban J connectivity index is 1.52. The third kappa shape index (κ3) is 4.65. The van der Waals surface area contributed by atoms with E-state index in [2.05, 4.69) is 20.2 Å². The summed E-state index contributed by atoms with van der Waals surface area (Å²) in [6, 6.07) is 10.2. The molecule has 0 unspecified atom stereocenters. The van der Waals surface area contributed by atoms with Crippen LogP contribution in [-0.2, 0) is 6.18 Å². The average molecular weight is 429 g/mol. The van der Waals surface area contributed by atoms with Gasteiger partial charge in [-0.3, -0.25) is 4.79 Å². The zero-order chi connectivity index (χ0) is 22.0. The number of halogens is 3. The summed E-state index contributed by atoms with van der Waals surface area (Å²) in [5, 5.41) is 2.69. The van der Waals surface area contributed by atoms with E-state index in [9.17, 15) is 18.0 Å². The van der Waals surface area contributed by atoms with Gasteiger partial charge in [-0.2, -0.15) is 13.2 Å². The van der Waals surface area contributed by atoms with E-state index in [0.29, 0.717) is 11.3 Å². The molecule has 2 aromatic carbocycles. The first-order valence-electron chi connectivity index (χ1n) is 10.00. The van der Waals surface area contributed by atoms with E-state index < -0.39 is 17.6 Å². The second-order valence-electron chi connectivity index (χ2n) is 7.50. The molecule has 3 aromatic rings. The summed E-state index contributed by atoms with van der Waals surface area (Å²) in [7, 11) is 0. The van der Waals surface area contributed by atoms with Gasteiger partial charge in [-0.05, 0) is 49.6 Å². The van der Waals surface area contributed by atoms with Crippen molar-refractivity contribution in [2.24, 2.45) is 0 Å². The van der Waals surface area contributed by atoms with Crippen LogP contribution in [0.4, 0.5) is 30.4 Å². The number of H-pyrrole nitrogens is 1. The van der Waals surface area contributed by atoms with Gasteiger partial charge in [0.25, 0.3) is 5.91 Å². The minimum atomic E-state index is -4.45. The van der Waals surface area contributed by atoms with Crippen molar-refractivity contribution in [1.29, 1.82) is 0 Å². The van der Waals surface area contributed by atoms with E-state index >= 15 is 0 Å². The summed E-state index contributed by atoms with van der Waals surface area (Å²) in [6.45, 7) is 1.87. The second-order valence-corrected chi connectivity index (χ2v) is 7.50. The summed E-state index contributed by atoms with van der Waals surface area (Å²) < 4.78 is 38.9. The van der Waals surface area contributed by atoms with Gasteiger partial charge in [0.2, 0.25) is 0 Å². The predicted molar refractivity (Wildman–Crippen MR) is 114 cm³/mol. The van der Waals surface area contributed by atoms with Crippen molar-refractivity contribution in [3.63, 3.8) is 0 Å². The largest absolute Gasteiger partial charge is 0.416 e. The summed E-state index contributed by atoms with van der Waals surface area (Å²) in [5.74, 6) is 0.0622. The molecule has 2 heterocycles. The minimum absolute atomic E-state index is 0.219. The van der Waals surface area contributed by atoms with E-state index in [1.807, 2.05) is 6.07 Å². The third-order valence-electron chi connectivity index (χ3n) is 5.29. The number of carbonyl (C=O) groups excluding carboxylic acids is 1. The lowest BCUT2D eigenvalue weighted by Crippen LogP contribution is -2.29. The molecule has 4 N–H and O–H groups in total. The van der Waals surface area contributed by atoms with Crippen molar-refractivity contribution in [3.05, 3.63) is 59.8 Å². The van der Waals surface area contributed by atoms with Crippen LogP contribution < -0.4 is 16.0 Å². The number of piperidine rings is 1. The number of nitrogen functional groups attached to an aromatic ring is 1. The number of hydrogen-bond acceptors (Lipinski definition) is 4. The Bertz CT molecular complexity index is 1090. The molecule has 9 heteroatoms. The van der Waals surface area contributed by atoms with Gasteiger partial charge in [-0.25, -0.2) is 4.98 Å². The second kappa shape index (κ2) is 8.33. The number of nitrogens with two attached hydrogens (primary N) is 1. The number of carbonyl (C=O) groups is 1. The number of hydrogen-bond donors (Lipinski definition) is 3. The number of imidazole rings is 1. The van der Waals surface area contributed by atoms with Crippen LogP contribution in [0, 0.1) is 0 Å². The Morgan fingerprint density at radius 1 is 1.10 bits per heavy atom. The molecular weight excluding hydrogens is 407 g/mol. The molecule has 0 atom stereocenters. The molecular formula is C22H22F3N5O. The Kier molecular flexibility index (Phi) is 5.58. The lowest BCUT2D eigenvalue weighted by atomic mass is 10.1. The third-order valence-corrected chi connectivity index (χ3v) is 5.29. The van der Waals surface area contributed by atoms with Gasteiger partial charge in [0.15, 0.2) is 0 Å². The molecule has 162 valence electrons. The molecule has 6 nitrogen and oxygen atoms in total. The smallest absolute Gasteiger partial charge is 0.398 e. The Morgan fingerprint density at radius 2 is 1.87 bits per heavy atom. The molecule has 0 spiro atoms.